The van der Waals surface area contributed by atoms with Crippen molar-refractivity contribution in [1.29, 1.82) is 0 Å². The SMILES string of the molecule is C=CCN1[C@H](C)COc2cc(N3CCCC3)ccc2S1(=O)=O. The minimum Gasteiger partial charge on any atom is -0.490 e. The first-order valence-electron chi connectivity index (χ1n) is 7.68. The first kappa shape index (κ1) is 15.4. The Morgan fingerprint density at radius 1 is 1.36 bits per heavy atom. The maximum atomic E-state index is 12.8. The number of rotatable bonds is 3. The molecule has 0 bridgehead atoms. The fraction of sp³-hybridized carbons (Fsp3) is 0.500. The molecule has 5 nitrogen and oxygen atoms in total. The lowest BCUT2D eigenvalue weighted by atomic mass is 10.2. The van der Waals surface area contributed by atoms with Crippen molar-refractivity contribution in [2.75, 3.05) is 31.1 Å². The fourth-order valence-corrected chi connectivity index (χ4v) is 4.76. The van der Waals surface area contributed by atoms with Crippen LogP contribution >= 0.6 is 0 Å². The zero-order valence-corrected chi connectivity index (χ0v) is 13.7. The van der Waals surface area contributed by atoms with Crippen molar-refractivity contribution in [3.63, 3.8) is 0 Å². The predicted molar refractivity (Wildman–Crippen MR) is 86.9 cm³/mol. The van der Waals surface area contributed by atoms with Gasteiger partial charge in [-0.1, -0.05) is 6.08 Å². The summed E-state index contributed by atoms with van der Waals surface area (Å²) in [5.74, 6) is 0.461. The minimum absolute atomic E-state index is 0.217. The third-order valence-corrected chi connectivity index (χ3v) is 6.29. The van der Waals surface area contributed by atoms with Crippen molar-refractivity contribution >= 4 is 15.7 Å². The molecule has 2 heterocycles. The summed E-state index contributed by atoms with van der Waals surface area (Å²) >= 11 is 0. The zero-order chi connectivity index (χ0) is 15.7. The van der Waals surface area contributed by atoms with Gasteiger partial charge in [-0.2, -0.15) is 4.31 Å². The number of hydrogen-bond acceptors (Lipinski definition) is 4. The molecule has 6 heteroatoms. The highest BCUT2D eigenvalue weighted by atomic mass is 32.2. The predicted octanol–water partition coefficient (Wildman–Crippen LogP) is 2.24. The molecule has 0 unspecified atom stereocenters. The van der Waals surface area contributed by atoms with Crippen LogP contribution in [0.5, 0.6) is 5.75 Å². The second-order valence-electron chi connectivity index (χ2n) is 5.85. The summed E-state index contributed by atoms with van der Waals surface area (Å²) in [6, 6.07) is 5.20. The van der Waals surface area contributed by atoms with Crippen molar-refractivity contribution in [3.05, 3.63) is 30.9 Å². The Bertz CT molecular complexity index is 666. The molecule has 0 saturated carbocycles. The third kappa shape index (κ3) is 2.61. The van der Waals surface area contributed by atoms with Gasteiger partial charge in [-0.25, -0.2) is 8.42 Å². The van der Waals surface area contributed by atoms with Gasteiger partial charge in [-0.3, -0.25) is 0 Å². The molecule has 1 fully saturated rings. The van der Waals surface area contributed by atoms with Crippen LogP contribution in [-0.4, -0.2) is 45.0 Å². The van der Waals surface area contributed by atoms with Crippen molar-refractivity contribution in [3.8, 4) is 5.75 Å². The molecule has 120 valence electrons. The molecular weight excluding hydrogens is 300 g/mol. The summed E-state index contributed by atoms with van der Waals surface area (Å²) in [5, 5.41) is 0. The lowest BCUT2D eigenvalue weighted by molar-refractivity contribution is 0.232. The fourth-order valence-electron chi connectivity index (χ4n) is 3.06. The Morgan fingerprint density at radius 2 is 2.09 bits per heavy atom. The number of benzene rings is 1. The number of sulfonamides is 1. The number of fused-ring (bicyclic) bond motifs is 1. The molecule has 0 N–H and O–H groups in total. The number of hydrogen-bond donors (Lipinski definition) is 0. The second kappa shape index (κ2) is 5.93. The van der Waals surface area contributed by atoms with Crippen LogP contribution in [0.3, 0.4) is 0 Å². The Hall–Kier alpha value is -1.53. The Balaban J connectivity index is 2.02. The van der Waals surface area contributed by atoms with E-state index in [2.05, 4.69) is 11.5 Å². The monoisotopic (exact) mass is 322 g/mol. The van der Waals surface area contributed by atoms with Crippen molar-refractivity contribution < 1.29 is 13.2 Å². The second-order valence-corrected chi connectivity index (χ2v) is 7.71. The topological polar surface area (TPSA) is 49.9 Å². The molecule has 2 aliphatic rings. The Morgan fingerprint density at radius 3 is 2.77 bits per heavy atom. The summed E-state index contributed by atoms with van der Waals surface area (Å²) in [4.78, 5) is 2.52. The molecule has 0 spiro atoms. The first-order valence-corrected chi connectivity index (χ1v) is 9.12. The highest BCUT2D eigenvalue weighted by molar-refractivity contribution is 7.89. The lowest BCUT2D eigenvalue weighted by Gasteiger charge is -2.23. The van der Waals surface area contributed by atoms with Gasteiger partial charge in [0.15, 0.2) is 0 Å². The van der Waals surface area contributed by atoms with E-state index in [1.807, 2.05) is 19.1 Å². The van der Waals surface area contributed by atoms with Gasteiger partial charge in [-0.15, -0.1) is 6.58 Å². The van der Waals surface area contributed by atoms with Crippen LogP contribution in [0.1, 0.15) is 19.8 Å². The van der Waals surface area contributed by atoms with E-state index in [4.69, 9.17) is 4.74 Å². The minimum atomic E-state index is -3.55. The van der Waals surface area contributed by atoms with E-state index in [0.29, 0.717) is 18.9 Å². The molecule has 0 amide bonds. The van der Waals surface area contributed by atoms with Crippen LogP contribution in [0.25, 0.3) is 0 Å². The van der Waals surface area contributed by atoms with E-state index in [0.717, 1.165) is 18.8 Å². The van der Waals surface area contributed by atoms with Gasteiger partial charge in [0.1, 0.15) is 17.3 Å². The van der Waals surface area contributed by atoms with Gasteiger partial charge < -0.3 is 9.64 Å². The molecule has 22 heavy (non-hydrogen) atoms. The molecule has 1 aromatic rings. The molecule has 1 saturated heterocycles. The molecular formula is C16H22N2O3S. The van der Waals surface area contributed by atoms with Crippen LogP contribution in [0, 0.1) is 0 Å². The zero-order valence-electron chi connectivity index (χ0n) is 12.9. The number of ether oxygens (including phenoxy) is 1. The largest absolute Gasteiger partial charge is 0.490 e. The smallest absolute Gasteiger partial charge is 0.247 e. The maximum absolute atomic E-state index is 12.8. The van der Waals surface area contributed by atoms with E-state index >= 15 is 0 Å². The standard InChI is InChI=1S/C16H22N2O3S/c1-3-8-18-13(2)12-21-15-11-14(17-9-4-5-10-17)6-7-16(15)22(18,19)20/h3,6-7,11,13H,1,4-5,8-10,12H2,2H3/t13-/m1/s1. The molecule has 1 atom stereocenters. The van der Waals surface area contributed by atoms with E-state index in [1.165, 1.54) is 17.1 Å². The normalized spacial score (nSPS) is 24.4. The van der Waals surface area contributed by atoms with Crippen LogP contribution in [0.2, 0.25) is 0 Å². The number of anilines is 1. The molecule has 3 rings (SSSR count). The van der Waals surface area contributed by atoms with Crippen LogP contribution in [0.15, 0.2) is 35.7 Å². The van der Waals surface area contributed by atoms with Crippen molar-refractivity contribution in [2.45, 2.75) is 30.7 Å². The maximum Gasteiger partial charge on any atom is 0.247 e. The first-order chi connectivity index (χ1) is 10.5. The van der Waals surface area contributed by atoms with Crippen LogP contribution in [0.4, 0.5) is 5.69 Å². The molecule has 0 radical (unpaired) electrons. The van der Waals surface area contributed by atoms with Gasteiger partial charge >= 0.3 is 0 Å². The summed E-state index contributed by atoms with van der Waals surface area (Å²) in [7, 11) is -3.55. The quantitative estimate of drug-likeness (QED) is 0.801. The Kier molecular flexibility index (Phi) is 4.14. The van der Waals surface area contributed by atoms with E-state index < -0.39 is 10.0 Å². The van der Waals surface area contributed by atoms with Crippen LogP contribution < -0.4 is 9.64 Å². The van der Waals surface area contributed by atoms with Crippen molar-refractivity contribution in [1.82, 2.24) is 4.31 Å². The number of nitrogens with zero attached hydrogens (tertiary/aromatic N) is 2. The van der Waals surface area contributed by atoms with E-state index in [9.17, 15) is 8.42 Å². The van der Waals surface area contributed by atoms with Gasteiger partial charge in [0.05, 0.1) is 6.04 Å². The van der Waals surface area contributed by atoms with Gasteiger partial charge in [0, 0.05) is 31.4 Å². The highest BCUT2D eigenvalue weighted by Gasteiger charge is 2.34. The molecule has 0 aromatic heterocycles. The summed E-state index contributed by atoms with van der Waals surface area (Å²) in [5.41, 5.74) is 1.04. The molecule has 2 aliphatic heterocycles. The summed E-state index contributed by atoms with van der Waals surface area (Å²) in [6.07, 6.45) is 3.97. The summed E-state index contributed by atoms with van der Waals surface area (Å²) in [6.45, 7) is 8.19. The van der Waals surface area contributed by atoms with Crippen LogP contribution in [-0.2, 0) is 10.0 Å². The van der Waals surface area contributed by atoms with Gasteiger partial charge in [-0.05, 0) is 31.9 Å². The van der Waals surface area contributed by atoms with E-state index in [-0.39, 0.29) is 10.9 Å². The average Bonchev–Trinajstić information content (AvgIpc) is 3.01. The Labute approximate surface area is 132 Å². The van der Waals surface area contributed by atoms with Gasteiger partial charge in [0.25, 0.3) is 0 Å². The van der Waals surface area contributed by atoms with Crippen molar-refractivity contribution in [2.24, 2.45) is 0 Å². The highest BCUT2D eigenvalue weighted by Crippen LogP contribution is 2.35. The third-order valence-electron chi connectivity index (χ3n) is 4.27. The summed E-state index contributed by atoms with van der Waals surface area (Å²) < 4.78 is 32.9. The average molecular weight is 322 g/mol. The van der Waals surface area contributed by atoms with Gasteiger partial charge in [0.2, 0.25) is 10.0 Å². The molecule has 1 aromatic carbocycles. The van der Waals surface area contributed by atoms with E-state index in [1.54, 1.807) is 12.1 Å². The molecule has 0 aliphatic carbocycles. The lowest BCUT2D eigenvalue weighted by Crippen LogP contribution is -2.39.